The van der Waals surface area contributed by atoms with E-state index in [9.17, 15) is 9.59 Å². The van der Waals surface area contributed by atoms with Crippen LogP contribution >= 0.6 is 0 Å². The smallest absolute Gasteiger partial charge is 0.267 e. The minimum atomic E-state index is -0.309. The van der Waals surface area contributed by atoms with Crippen LogP contribution in [-0.2, 0) is 17.8 Å². The summed E-state index contributed by atoms with van der Waals surface area (Å²) in [4.78, 5) is 26.7. The number of benzene rings is 1. The lowest BCUT2D eigenvalue weighted by Gasteiger charge is -2.17. The maximum Gasteiger partial charge on any atom is 0.267 e. The van der Waals surface area contributed by atoms with E-state index in [1.807, 2.05) is 44.2 Å². The fraction of sp³-hybridized carbons (Fsp3) is 0.263. The Hall–Kier alpha value is -3.22. The second kappa shape index (κ2) is 6.25. The van der Waals surface area contributed by atoms with Crippen LogP contribution in [0.25, 0.3) is 5.82 Å². The summed E-state index contributed by atoms with van der Waals surface area (Å²) in [5, 5.41) is 8.72. The predicted octanol–water partition coefficient (Wildman–Crippen LogP) is 1.64. The van der Waals surface area contributed by atoms with Crippen molar-refractivity contribution in [3.63, 3.8) is 0 Å². The molecule has 3 heterocycles. The maximum atomic E-state index is 12.8. The van der Waals surface area contributed by atoms with Gasteiger partial charge in [-0.2, -0.15) is 5.10 Å². The summed E-state index contributed by atoms with van der Waals surface area (Å²) < 4.78 is 2.87. The van der Waals surface area contributed by atoms with Crippen molar-refractivity contribution in [2.24, 2.45) is 0 Å². The topological polar surface area (TPSA) is 73.0 Å². The molecule has 0 bridgehead atoms. The number of nitrogens with zero attached hydrogens (tertiary/aromatic N) is 5. The summed E-state index contributed by atoms with van der Waals surface area (Å²) in [6, 6.07) is 12.8. The first kappa shape index (κ1) is 16.3. The third kappa shape index (κ3) is 2.81. The number of anilines is 1. The lowest BCUT2D eigenvalue weighted by molar-refractivity contribution is -0.119. The van der Waals surface area contributed by atoms with Crippen LogP contribution in [-0.4, -0.2) is 32.0 Å². The summed E-state index contributed by atoms with van der Waals surface area (Å²) in [6.45, 7) is 4.35. The van der Waals surface area contributed by atoms with Crippen LogP contribution in [0.15, 0.2) is 47.3 Å². The summed E-state index contributed by atoms with van der Waals surface area (Å²) in [6.07, 6.45) is 0.829. The molecule has 0 saturated heterocycles. The van der Waals surface area contributed by atoms with Gasteiger partial charge in [0.25, 0.3) is 5.56 Å². The number of hydrogen-bond donors (Lipinski definition) is 0. The molecule has 7 nitrogen and oxygen atoms in total. The first-order valence-corrected chi connectivity index (χ1v) is 8.53. The van der Waals surface area contributed by atoms with Crippen molar-refractivity contribution in [3.05, 3.63) is 69.8 Å². The molecule has 1 amide bonds. The van der Waals surface area contributed by atoms with Crippen LogP contribution in [0, 0.1) is 13.8 Å². The van der Waals surface area contributed by atoms with Gasteiger partial charge in [-0.15, -0.1) is 5.10 Å². The zero-order valence-corrected chi connectivity index (χ0v) is 14.7. The van der Waals surface area contributed by atoms with Crippen molar-refractivity contribution in [2.45, 2.75) is 26.8 Å². The van der Waals surface area contributed by atoms with Gasteiger partial charge in [0.05, 0.1) is 5.69 Å². The third-order valence-electron chi connectivity index (χ3n) is 4.55. The highest BCUT2D eigenvalue weighted by Crippen LogP contribution is 2.27. The molecule has 0 radical (unpaired) electrons. The minimum Gasteiger partial charge on any atom is -0.310 e. The molecule has 26 heavy (non-hydrogen) atoms. The first-order chi connectivity index (χ1) is 12.5. The molecule has 0 saturated carbocycles. The number of carbonyl (C=O) groups is 1. The number of hydrogen-bond acceptors (Lipinski definition) is 4. The Kier molecular flexibility index (Phi) is 3.91. The van der Waals surface area contributed by atoms with E-state index in [1.54, 1.807) is 15.6 Å². The Bertz CT molecular complexity index is 1050. The van der Waals surface area contributed by atoms with E-state index in [4.69, 9.17) is 0 Å². The Morgan fingerprint density at radius 3 is 2.69 bits per heavy atom. The number of rotatable bonds is 3. The van der Waals surface area contributed by atoms with Gasteiger partial charge < -0.3 is 4.90 Å². The van der Waals surface area contributed by atoms with Gasteiger partial charge in [0, 0.05) is 24.0 Å². The normalized spacial score (nSPS) is 13.1. The molecule has 7 heteroatoms. The van der Waals surface area contributed by atoms with Crippen LogP contribution in [0.5, 0.6) is 0 Å². The summed E-state index contributed by atoms with van der Waals surface area (Å²) >= 11 is 0. The molecule has 4 rings (SSSR count). The molecule has 132 valence electrons. The number of aromatic nitrogens is 4. The molecule has 0 N–H and O–H groups in total. The van der Waals surface area contributed by atoms with E-state index < -0.39 is 0 Å². The second-order valence-electron chi connectivity index (χ2n) is 6.45. The van der Waals surface area contributed by atoms with Crippen molar-refractivity contribution in [1.29, 1.82) is 0 Å². The van der Waals surface area contributed by atoms with Crippen LogP contribution in [0.3, 0.4) is 0 Å². The SMILES string of the molecule is Cc1cc(C)n(-c2ccc(=O)n(CC(=O)N3CCc4ccccc43)n2)n1. The number of carbonyl (C=O) groups excluding carboxylic acids is 1. The average molecular weight is 349 g/mol. The largest absolute Gasteiger partial charge is 0.310 e. The van der Waals surface area contributed by atoms with E-state index in [-0.39, 0.29) is 18.0 Å². The predicted molar refractivity (Wildman–Crippen MR) is 97.6 cm³/mol. The lowest BCUT2D eigenvalue weighted by atomic mass is 10.2. The summed E-state index contributed by atoms with van der Waals surface area (Å²) in [5.41, 5.74) is 3.54. The van der Waals surface area contributed by atoms with Crippen molar-refractivity contribution in [2.75, 3.05) is 11.4 Å². The molecule has 1 aliphatic heterocycles. The fourth-order valence-corrected chi connectivity index (χ4v) is 3.34. The van der Waals surface area contributed by atoms with E-state index in [0.717, 1.165) is 29.1 Å². The van der Waals surface area contributed by atoms with Crippen molar-refractivity contribution < 1.29 is 4.79 Å². The van der Waals surface area contributed by atoms with Gasteiger partial charge in [-0.05, 0) is 44.0 Å². The molecule has 0 atom stereocenters. The van der Waals surface area contributed by atoms with E-state index in [2.05, 4.69) is 10.2 Å². The third-order valence-corrected chi connectivity index (χ3v) is 4.55. The molecule has 0 fully saturated rings. The lowest BCUT2D eigenvalue weighted by Crippen LogP contribution is -2.36. The van der Waals surface area contributed by atoms with Crippen molar-refractivity contribution in [1.82, 2.24) is 19.6 Å². The zero-order chi connectivity index (χ0) is 18.3. The molecular weight excluding hydrogens is 330 g/mol. The van der Waals surface area contributed by atoms with Gasteiger partial charge in [-0.1, -0.05) is 18.2 Å². The van der Waals surface area contributed by atoms with Gasteiger partial charge in [0.1, 0.15) is 6.54 Å². The Labute approximate surface area is 150 Å². The summed E-state index contributed by atoms with van der Waals surface area (Å²) in [5.74, 6) is 0.375. The van der Waals surface area contributed by atoms with Crippen molar-refractivity contribution >= 4 is 11.6 Å². The van der Waals surface area contributed by atoms with Crippen LogP contribution in [0.4, 0.5) is 5.69 Å². The van der Waals surface area contributed by atoms with E-state index in [0.29, 0.717) is 12.4 Å². The van der Waals surface area contributed by atoms with Gasteiger partial charge in [0.15, 0.2) is 5.82 Å². The first-order valence-electron chi connectivity index (χ1n) is 8.53. The highest BCUT2D eigenvalue weighted by molar-refractivity contribution is 5.95. The highest BCUT2D eigenvalue weighted by atomic mass is 16.2. The maximum absolute atomic E-state index is 12.8. The average Bonchev–Trinajstić information content (AvgIpc) is 3.19. The zero-order valence-electron chi connectivity index (χ0n) is 14.7. The number of aryl methyl sites for hydroxylation is 2. The Balaban J connectivity index is 1.63. The number of amides is 1. The molecule has 3 aromatic rings. The molecule has 0 aliphatic carbocycles. The summed E-state index contributed by atoms with van der Waals surface area (Å²) in [7, 11) is 0. The molecule has 0 unspecified atom stereocenters. The Morgan fingerprint density at radius 1 is 1.12 bits per heavy atom. The van der Waals surface area contributed by atoms with Crippen LogP contribution < -0.4 is 10.5 Å². The molecule has 0 spiro atoms. The highest BCUT2D eigenvalue weighted by Gasteiger charge is 2.24. The van der Waals surface area contributed by atoms with E-state index in [1.165, 1.54) is 10.7 Å². The van der Waals surface area contributed by atoms with Gasteiger partial charge in [-0.3, -0.25) is 9.59 Å². The van der Waals surface area contributed by atoms with Crippen LogP contribution in [0.2, 0.25) is 0 Å². The van der Waals surface area contributed by atoms with E-state index >= 15 is 0 Å². The minimum absolute atomic E-state index is 0.0969. The molecule has 2 aromatic heterocycles. The molecule has 1 aliphatic rings. The standard InChI is InChI=1S/C19H19N5O2/c1-13-11-14(2)24(20-13)17-7-8-18(25)23(21-17)12-19(26)22-10-9-15-5-3-4-6-16(15)22/h3-8,11H,9-10,12H2,1-2H3. The second-order valence-corrected chi connectivity index (χ2v) is 6.45. The van der Waals surface area contributed by atoms with Gasteiger partial charge >= 0.3 is 0 Å². The fourth-order valence-electron chi connectivity index (χ4n) is 3.34. The van der Waals surface area contributed by atoms with Gasteiger partial charge in [0.2, 0.25) is 5.91 Å². The molecule has 1 aromatic carbocycles. The quantitative estimate of drug-likeness (QED) is 0.720. The number of para-hydroxylation sites is 1. The number of fused-ring (bicyclic) bond motifs is 1. The van der Waals surface area contributed by atoms with Crippen LogP contribution in [0.1, 0.15) is 17.0 Å². The van der Waals surface area contributed by atoms with Gasteiger partial charge in [-0.25, -0.2) is 9.36 Å². The Morgan fingerprint density at radius 2 is 1.92 bits per heavy atom. The monoisotopic (exact) mass is 349 g/mol. The molecular formula is C19H19N5O2. The van der Waals surface area contributed by atoms with Crippen molar-refractivity contribution in [3.8, 4) is 5.82 Å².